The summed E-state index contributed by atoms with van der Waals surface area (Å²) in [5, 5.41) is 3.24. The van der Waals surface area contributed by atoms with Crippen molar-refractivity contribution in [3.63, 3.8) is 0 Å². The molecule has 1 unspecified atom stereocenters. The Morgan fingerprint density at radius 3 is 2.29 bits per heavy atom. The van der Waals surface area contributed by atoms with Crippen molar-refractivity contribution in [2.45, 2.75) is 52.5 Å². The number of ether oxygens (including phenoxy) is 1. The summed E-state index contributed by atoms with van der Waals surface area (Å²) in [6.07, 6.45) is 4.91. The van der Waals surface area contributed by atoms with Gasteiger partial charge in [0.05, 0.1) is 0 Å². The molecule has 0 aliphatic carbocycles. The van der Waals surface area contributed by atoms with Gasteiger partial charge in [-0.3, -0.25) is 0 Å². The largest absolute Gasteiger partial charge is 0.381 e. The molecule has 0 bridgehead atoms. The first-order chi connectivity index (χ1) is 6.66. The van der Waals surface area contributed by atoms with Crippen LogP contribution in [0.15, 0.2) is 0 Å². The fourth-order valence-corrected chi connectivity index (χ4v) is 1.22. The quantitative estimate of drug-likeness (QED) is 0.579. The molecule has 0 amide bonds. The van der Waals surface area contributed by atoms with Gasteiger partial charge >= 0.3 is 0 Å². The van der Waals surface area contributed by atoms with Crippen LogP contribution >= 0.6 is 0 Å². The summed E-state index contributed by atoms with van der Waals surface area (Å²) < 4.78 is 5.54. The predicted octanol–water partition coefficient (Wildman–Crippen LogP) is 2.83. The Morgan fingerprint density at radius 1 is 1.00 bits per heavy atom. The minimum Gasteiger partial charge on any atom is -0.381 e. The summed E-state index contributed by atoms with van der Waals surface area (Å²) >= 11 is 0. The maximum atomic E-state index is 5.54. The molecule has 0 saturated carbocycles. The number of unbranched alkanes of at least 4 members (excludes halogenated alkanes) is 1. The van der Waals surface area contributed by atoms with Crippen molar-refractivity contribution in [1.82, 2.24) is 5.32 Å². The molecule has 0 spiro atoms. The number of hydrogen-bond acceptors (Lipinski definition) is 2. The van der Waals surface area contributed by atoms with Gasteiger partial charge in [-0.15, -0.1) is 0 Å². The molecule has 1 atom stereocenters. The van der Waals surface area contributed by atoms with Crippen LogP contribution in [0.2, 0.25) is 0 Å². The van der Waals surface area contributed by atoms with Gasteiger partial charge in [0.2, 0.25) is 0 Å². The minimum absolute atomic E-state index is 0.644. The Balaban J connectivity index is 2.99. The van der Waals surface area contributed by atoms with Gasteiger partial charge < -0.3 is 10.1 Å². The third kappa shape index (κ3) is 10.0. The Hall–Kier alpha value is -0.0800. The van der Waals surface area contributed by atoms with E-state index in [-0.39, 0.29) is 0 Å². The zero-order chi connectivity index (χ0) is 10.8. The van der Waals surface area contributed by atoms with Gasteiger partial charge in [-0.1, -0.05) is 13.8 Å². The smallest absolute Gasteiger partial charge is 0.0468 e. The van der Waals surface area contributed by atoms with Gasteiger partial charge in [0.1, 0.15) is 0 Å². The SMILES string of the molecule is CNC(C)CCCCOCCC(C)C. The molecule has 0 aliphatic heterocycles. The van der Waals surface area contributed by atoms with Crippen molar-refractivity contribution < 1.29 is 4.74 Å². The van der Waals surface area contributed by atoms with Gasteiger partial charge in [0, 0.05) is 19.3 Å². The lowest BCUT2D eigenvalue weighted by Crippen LogP contribution is -2.20. The standard InChI is InChI=1S/C12H27NO/c1-11(2)8-10-14-9-6-5-7-12(3)13-4/h11-13H,5-10H2,1-4H3. The highest BCUT2D eigenvalue weighted by molar-refractivity contribution is 4.56. The van der Waals surface area contributed by atoms with Gasteiger partial charge in [-0.25, -0.2) is 0 Å². The van der Waals surface area contributed by atoms with Crippen LogP contribution in [-0.2, 0) is 4.74 Å². The summed E-state index contributed by atoms with van der Waals surface area (Å²) in [7, 11) is 2.02. The number of rotatable bonds is 9. The summed E-state index contributed by atoms with van der Waals surface area (Å²) in [6, 6.07) is 0.644. The molecule has 0 aromatic rings. The normalized spacial score (nSPS) is 13.5. The van der Waals surface area contributed by atoms with Crippen LogP contribution < -0.4 is 5.32 Å². The first-order valence-corrected chi connectivity index (χ1v) is 5.91. The fraction of sp³-hybridized carbons (Fsp3) is 1.00. The predicted molar refractivity (Wildman–Crippen MR) is 62.6 cm³/mol. The van der Waals surface area contributed by atoms with E-state index >= 15 is 0 Å². The summed E-state index contributed by atoms with van der Waals surface area (Å²) in [5.41, 5.74) is 0. The second-order valence-electron chi connectivity index (χ2n) is 4.48. The maximum Gasteiger partial charge on any atom is 0.0468 e. The molecule has 0 heterocycles. The first kappa shape index (κ1) is 13.9. The van der Waals surface area contributed by atoms with E-state index < -0.39 is 0 Å². The van der Waals surface area contributed by atoms with E-state index in [4.69, 9.17) is 4.74 Å². The summed E-state index contributed by atoms with van der Waals surface area (Å²) in [5.74, 6) is 0.763. The van der Waals surface area contributed by atoms with Crippen LogP contribution in [0.25, 0.3) is 0 Å². The second-order valence-corrected chi connectivity index (χ2v) is 4.48. The van der Waals surface area contributed by atoms with Gasteiger partial charge in [0.15, 0.2) is 0 Å². The van der Waals surface area contributed by atoms with E-state index in [0.717, 1.165) is 19.1 Å². The van der Waals surface area contributed by atoms with E-state index in [1.807, 2.05) is 7.05 Å². The molecule has 2 heteroatoms. The van der Waals surface area contributed by atoms with Crippen LogP contribution in [0.5, 0.6) is 0 Å². The lowest BCUT2D eigenvalue weighted by molar-refractivity contribution is 0.119. The van der Waals surface area contributed by atoms with Gasteiger partial charge in [0.25, 0.3) is 0 Å². The van der Waals surface area contributed by atoms with E-state index in [9.17, 15) is 0 Å². The third-order valence-corrected chi connectivity index (χ3v) is 2.51. The Morgan fingerprint density at radius 2 is 1.71 bits per heavy atom. The number of nitrogens with one attached hydrogen (secondary N) is 1. The molecule has 0 aromatic heterocycles. The second kappa shape index (κ2) is 9.47. The highest BCUT2D eigenvalue weighted by atomic mass is 16.5. The molecule has 2 nitrogen and oxygen atoms in total. The third-order valence-electron chi connectivity index (χ3n) is 2.51. The van der Waals surface area contributed by atoms with Crippen LogP contribution in [0, 0.1) is 5.92 Å². The molecule has 0 aliphatic rings. The topological polar surface area (TPSA) is 21.3 Å². The van der Waals surface area contributed by atoms with Gasteiger partial charge in [-0.2, -0.15) is 0 Å². The minimum atomic E-state index is 0.644. The molecular weight excluding hydrogens is 174 g/mol. The van der Waals surface area contributed by atoms with E-state index in [1.165, 1.54) is 25.7 Å². The highest BCUT2D eigenvalue weighted by Gasteiger charge is 1.97. The molecule has 0 rings (SSSR count). The fourth-order valence-electron chi connectivity index (χ4n) is 1.22. The molecule has 1 N–H and O–H groups in total. The molecule has 86 valence electrons. The van der Waals surface area contributed by atoms with Crippen LogP contribution in [0.4, 0.5) is 0 Å². The monoisotopic (exact) mass is 201 g/mol. The molecule has 0 saturated heterocycles. The Labute approximate surface area is 89.4 Å². The van der Waals surface area contributed by atoms with Crippen molar-refractivity contribution in [1.29, 1.82) is 0 Å². The van der Waals surface area contributed by atoms with Crippen molar-refractivity contribution in [3.05, 3.63) is 0 Å². The molecule has 0 aromatic carbocycles. The van der Waals surface area contributed by atoms with E-state index in [0.29, 0.717) is 6.04 Å². The Kier molecular flexibility index (Phi) is 9.42. The molecule has 0 radical (unpaired) electrons. The molecular formula is C12H27NO. The molecule has 14 heavy (non-hydrogen) atoms. The van der Waals surface area contributed by atoms with Crippen molar-refractivity contribution in [3.8, 4) is 0 Å². The highest BCUT2D eigenvalue weighted by Crippen LogP contribution is 2.02. The molecule has 0 fully saturated rings. The van der Waals surface area contributed by atoms with Crippen LogP contribution in [0.3, 0.4) is 0 Å². The van der Waals surface area contributed by atoms with Crippen molar-refractivity contribution >= 4 is 0 Å². The summed E-state index contributed by atoms with van der Waals surface area (Å²) in [6.45, 7) is 8.55. The van der Waals surface area contributed by atoms with Crippen LogP contribution in [-0.4, -0.2) is 26.3 Å². The number of hydrogen-bond donors (Lipinski definition) is 1. The average Bonchev–Trinajstić information content (AvgIpc) is 2.15. The summed E-state index contributed by atoms with van der Waals surface area (Å²) in [4.78, 5) is 0. The Bertz CT molecular complexity index is 115. The lowest BCUT2D eigenvalue weighted by atomic mass is 10.1. The van der Waals surface area contributed by atoms with E-state index in [1.54, 1.807) is 0 Å². The lowest BCUT2D eigenvalue weighted by Gasteiger charge is -2.09. The van der Waals surface area contributed by atoms with Crippen molar-refractivity contribution in [2.75, 3.05) is 20.3 Å². The van der Waals surface area contributed by atoms with Crippen LogP contribution in [0.1, 0.15) is 46.5 Å². The average molecular weight is 201 g/mol. The van der Waals surface area contributed by atoms with E-state index in [2.05, 4.69) is 26.1 Å². The first-order valence-electron chi connectivity index (χ1n) is 5.91. The maximum absolute atomic E-state index is 5.54. The van der Waals surface area contributed by atoms with Gasteiger partial charge in [-0.05, 0) is 45.6 Å². The zero-order valence-corrected chi connectivity index (χ0v) is 10.3. The zero-order valence-electron chi connectivity index (χ0n) is 10.3. The van der Waals surface area contributed by atoms with Crippen molar-refractivity contribution in [2.24, 2.45) is 5.92 Å².